The molecule has 1 fully saturated rings. The molecule has 1 amide bonds. The number of amides is 1. The molecule has 1 saturated heterocycles. The van der Waals surface area contributed by atoms with Gasteiger partial charge in [-0.25, -0.2) is 5.06 Å². The number of hydrogen-bond donors (Lipinski definition) is 1. The van der Waals surface area contributed by atoms with Gasteiger partial charge in [0.15, 0.2) is 11.5 Å². The second kappa shape index (κ2) is 13.6. The minimum absolute atomic E-state index is 0.114. The molecule has 3 aliphatic rings. The van der Waals surface area contributed by atoms with Gasteiger partial charge in [0.1, 0.15) is 0 Å². The highest BCUT2D eigenvalue weighted by molar-refractivity contribution is 5.78. The lowest BCUT2D eigenvalue weighted by Crippen LogP contribution is -2.44. The zero-order valence-electron chi connectivity index (χ0n) is 22.4. The Morgan fingerprint density at radius 2 is 2.05 bits per heavy atom. The first-order chi connectivity index (χ1) is 18.5. The van der Waals surface area contributed by atoms with Crippen LogP contribution in [0.15, 0.2) is 47.1 Å². The molecule has 0 unspecified atom stereocenters. The molecule has 1 aromatic carbocycles. The Balaban J connectivity index is 1.58. The van der Waals surface area contributed by atoms with Crippen LogP contribution in [0.3, 0.4) is 0 Å². The van der Waals surface area contributed by atoms with Crippen LogP contribution in [0.2, 0.25) is 0 Å². The summed E-state index contributed by atoms with van der Waals surface area (Å²) in [4.78, 5) is 38.1. The fraction of sp³-hybridized carbons (Fsp3) is 0.552. The van der Waals surface area contributed by atoms with Crippen molar-refractivity contribution in [1.29, 1.82) is 0 Å². The summed E-state index contributed by atoms with van der Waals surface area (Å²) in [6.07, 6.45) is 12.4. The van der Waals surface area contributed by atoms with Crippen LogP contribution in [0, 0.1) is 5.92 Å². The normalized spacial score (nSPS) is 25.7. The van der Waals surface area contributed by atoms with Gasteiger partial charge in [-0.05, 0) is 62.3 Å². The van der Waals surface area contributed by atoms with E-state index in [1.165, 1.54) is 10.6 Å². The average Bonchev–Trinajstić information content (AvgIpc) is 3.50. The topological polar surface area (TPSA) is 101 Å². The lowest BCUT2D eigenvalue weighted by molar-refractivity contribution is -0.188. The maximum Gasteiger partial charge on any atom is 0.308 e. The van der Waals surface area contributed by atoms with Gasteiger partial charge in [0, 0.05) is 37.5 Å². The minimum atomic E-state index is -0.851. The van der Waals surface area contributed by atoms with Gasteiger partial charge in [-0.15, -0.1) is 0 Å². The number of allylic oxidation sites excluding steroid dienone is 3. The van der Waals surface area contributed by atoms with E-state index < -0.39 is 11.9 Å². The van der Waals surface area contributed by atoms with E-state index >= 15 is 0 Å². The van der Waals surface area contributed by atoms with Gasteiger partial charge in [-0.1, -0.05) is 31.6 Å². The third kappa shape index (κ3) is 6.82. The quantitative estimate of drug-likeness (QED) is 0.400. The van der Waals surface area contributed by atoms with Crippen molar-refractivity contribution in [2.75, 3.05) is 33.0 Å². The fourth-order valence-electron chi connectivity index (χ4n) is 5.48. The summed E-state index contributed by atoms with van der Waals surface area (Å²) >= 11 is 0. The van der Waals surface area contributed by atoms with Crippen LogP contribution in [0.25, 0.3) is 0 Å². The second-order valence-corrected chi connectivity index (χ2v) is 9.99. The van der Waals surface area contributed by atoms with E-state index in [4.69, 9.17) is 14.3 Å². The summed E-state index contributed by atoms with van der Waals surface area (Å²) in [5, 5.41) is 11.9. The van der Waals surface area contributed by atoms with Crippen molar-refractivity contribution >= 4 is 18.1 Å². The summed E-state index contributed by atoms with van der Waals surface area (Å²) < 4.78 is 11.0. The number of nitrogens with zero attached hydrogens (tertiary/aromatic N) is 3. The number of aliphatic imine (C=N–C) groups is 1. The number of carbonyl (C=O) groups excluding carboxylic acids is 1. The van der Waals surface area contributed by atoms with Crippen LogP contribution in [0.5, 0.6) is 11.5 Å². The summed E-state index contributed by atoms with van der Waals surface area (Å²) in [7, 11) is 0. The van der Waals surface area contributed by atoms with Crippen molar-refractivity contribution in [3.63, 3.8) is 0 Å². The number of carbonyl (C=O) groups is 2. The number of carboxylic acid groups (broad SMARTS) is 1. The Hall–Kier alpha value is -3.17. The zero-order valence-corrected chi connectivity index (χ0v) is 22.4. The van der Waals surface area contributed by atoms with Gasteiger partial charge in [0.25, 0.3) is 5.91 Å². The molecule has 0 bridgehead atoms. The van der Waals surface area contributed by atoms with E-state index in [1.807, 2.05) is 49.1 Å². The molecule has 3 heterocycles. The predicted octanol–water partition coefficient (Wildman–Crippen LogP) is 4.55. The first kappa shape index (κ1) is 27.9. The third-order valence-corrected chi connectivity index (χ3v) is 7.33. The monoisotopic (exact) mass is 525 g/mol. The van der Waals surface area contributed by atoms with E-state index in [2.05, 4.69) is 4.99 Å². The highest BCUT2D eigenvalue weighted by atomic mass is 16.7. The van der Waals surface area contributed by atoms with Crippen LogP contribution in [-0.4, -0.2) is 72.2 Å². The largest absolute Gasteiger partial charge is 0.481 e. The van der Waals surface area contributed by atoms with E-state index in [0.717, 1.165) is 37.7 Å². The second-order valence-electron chi connectivity index (χ2n) is 9.99. The maximum absolute atomic E-state index is 13.3. The number of likely N-dealkylation sites (tertiary alicyclic amines) is 1. The molecule has 0 aromatic heterocycles. The molecule has 3 atom stereocenters. The lowest BCUT2D eigenvalue weighted by Gasteiger charge is -2.29. The summed E-state index contributed by atoms with van der Waals surface area (Å²) in [6, 6.07) is 5.34. The maximum atomic E-state index is 13.3. The molecule has 206 valence electrons. The smallest absolute Gasteiger partial charge is 0.308 e. The van der Waals surface area contributed by atoms with Crippen LogP contribution in [0.1, 0.15) is 63.9 Å². The van der Waals surface area contributed by atoms with Gasteiger partial charge in [0.2, 0.25) is 6.79 Å². The van der Waals surface area contributed by atoms with E-state index in [-0.39, 0.29) is 31.2 Å². The van der Waals surface area contributed by atoms with Crippen molar-refractivity contribution in [1.82, 2.24) is 9.96 Å². The molecule has 0 spiro atoms. The molecule has 0 radical (unpaired) electrons. The molecular formula is C29H39N3O6. The number of hydroxylamine groups is 2. The molecular weight excluding hydrogens is 486 g/mol. The Morgan fingerprint density at radius 3 is 2.84 bits per heavy atom. The van der Waals surface area contributed by atoms with Crippen LogP contribution in [-0.2, 0) is 14.4 Å². The van der Waals surface area contributed by atoms with Gasteiger partial charge >= 0.3 is 5.97 Å². The first-order valence-corrected chi connectivity index (χ1v) is 13.7. The van der Waals surface area contributed by atoms with Crippen LogP contribution < -0.4 is 9.47 Å². The molecule has 3 aliphatic heterocycles. The van der Waals surface area contributed by atoms with Crippen molar-refractivity contribution in [2.45, 2.75) is 64.3 Å². The molecule has 1 N–H and O–H groups in total. The molecule has 9 nitrogen and oxygen atoms in total. The Morgan fingerprint density at radius 1 is 1.21 bits per heavy atom. The van der Waals surface area contributed by atoms with E-state index in [9.17, 15) is 14.7 Å². The summed E-state index contributed by atoms with van der Waals surface area (Å²) in [6.45, 7) is 5.72. The molecule has 9 heteroatoms. The van der Waals surface area contributed by atoms with Crippen LogP contribution >= 0.6 is 0 Å². The number of benzene rings is 1. The third-order valence-electron chi connectivity index (χ3n) is 7.33. The number of aliphatic carboxylic acids is 1. The zero-order chi connectivity index (χ0) is 26.9. The fourth-order valence-corrected chi connectivity index (χ4v) is 5.48. The van der Waals surface area contributed by atoms with Gasteiger partial charge in [-0.3, -0.25) is 24.3 Å². The minimum Gasteiger partial charge on any atom is -0.481 e. The molecule has 0 saturated carbocycles. The number of ether oxygens (including phenoxy) is 2. The number of hydrogen-bond acceptors (Lipinski definition) is 7. The Labute approximate surface area is 224 Å². The average molecular weight is 526 g/mol. The van der Waals surface area contributed by atoms with E-state index in [1.54, 1.807) is 12.4 Å². The molecule has 0 aliphatic carbocycles. The molecule has 1 aromatic rings. The van der Waals surface area contributed by atoms with Crippen molar-refractivity contribution in [2.24, 2.45) is 10.9 Å². The lowest BCUT2D eigenvalue weighted by atomic mass is 9.83. The van der Waals surface area contributed by atoms with E-state index in [0.29, 0.717) is 37.6 Å². The molecule has 38 heavy (non-hydrogen) atoms. The van der Waals surface area contributed by atoms with Crippen molar-refractivity contribution in [3.05, 3.63) is 47.7 Å². The van der Waals surface area contributed by atoms with Crippen molar-refractivity contribution < 1.29 is 29.0 Å². The van der Waals surface area contributed by atoms with Gasteiger partial charge in [-0.2, -0.15) is 0 Å². The highest BCUT2D eigenvalue weighted by Gasteiger charge is 2.47. The SMILES string of the molecule is CCCON(CCC)C(=O)CN1C[C@H](c2ccc3c(c2)OCO3)[C@@H](C(=O)O)[C@@H]1CC/C1=C/C=N/C=C\CC1. The Bertz CT molecular complexity index is 1070. The number of rotatable bonds is 12. The highest BCUT2D eigenvalue weighted by Crippen LogP contribution is 2.43. The molecule has 4 rings (SSSR count). The summed E-state index contributed by atoms with van der Waals surface area (Å²) in [5.74, 6) is -0.641. The first-order valence-electron chi connectivity index (χ1n) is 13.7. The summed E-state index contributed by atoms with van der Waals surface area (Å²) in [5.41, 5.74) is 2.12. The number of fused-ring (bicyclic) bond motifs is 1. The number of carboxylic acids is 1. The Kier molecular flexibility index (Phi) is 9.95. The van der Waals surface area contributed by atoms with Crippen LogP contribution in [0.4, 0.5) is 0 Å². The van der Waals surface area contributed by atoms with Gasteiger partial charge in [0.05, 0.1) is 19.1 Å². The van der Waals surface area contributed by atoms with Gasteiger partial charge < -0.3 is 14.6 Å². The predicted molar refractivity (Wildman–Crippen MR) is 144 cm³/mol. The standard InChI is InChI=1S/C29H39N3O6/c1-3-15-32(38-16-4-2)27(33)19-31-18-23(22-9-11-25-26(17-22)37-20-36-25)28(29(34)35)24(31)10-8-21-7-5-6-13-30-14-12-21/h6,9,11-14,17,23-24,28H,3-5,7-8,10,15-16,18-20H2,1-2H3,(H,34,35)/b13-6-,21-12+,30-14+/t23-,24+,28-/m1/s1. The van der Waals surface area contributed by atoms with Crippen molar-refractivity contribution in [3.8, 4) is 11.5 Å².